The lowest BCUT2D eigenvalue weighted by atomic mass is 10.1. The Morgan fingerprint density at radius 2 is 2.24 bits per heavy atom. The maximum Gasteiger partial charge on any atom is 0.358 e. The maximum absolute atomic E-state index is 10.8. The number of hydrogen-bond donors (Lipinski definition) is 1. The second kappa shape index (κ2) is 4.48. The van der Waals surface area contributed by atoms with Crippen LogP contribution in [0.2, 0.25) is 0 Å². The number of anilines is 1. The number of aromatic carboxylic acids is 1. The Kier molecular flexibility index (Phi) is 2.61. The molecule has 4 heterocycles. The first kappa shape index (κ1) is 12.2. The number of aromatic nitrogens is 5. The molecule has 0 unspecified atom stereocenters. The Hall–Kier alpha value is -2.55. The summed E-state index contributed by atoms with van der Waals surface area (Å²) in [6, 6.07) is 2.09. The van der Waals surface area contributed by atoms with E-state index in [1.54, 1.807) is 22.3 Å². The summed E-state index contributed by atoms with van der Waals surface area (Å²) in [6.07, 6.45) is 3.03. The van der Waals surface area contributed by atoms with Gasteiger partial charge in [-0.25, -0.2) is 19.4 Å². The van der Waals surface area contributed by atoms with Crippen molar-refractivity contribution in [2.75, 3.05) is 18.0 Å². The van der Waals surface area contributed by atoms with Gasteiger partial charge < -0.3 is 10.0 Å². The highest BCUT2D eigenvalue weighted by molar-refractivity contribution is 7.17. The van der Waals surface area contributed by atoms with Crippen LogP contribution in [0.4, 0.5) is 5.82 Å². The Morgan fingerprint density at radius 3 is 3.00 bits per heavy atom. The molecule has 21 heavy (non-hydrogen) atoms. The molecule has 106 valence electrons. The third kappa shape index (κ3) is 1.93. The monoisotopic (exact) mass is 302 g/mol. The standard InChI is InChI=1S/C12H10N6O2S/c19-12(20)9-5-18(16-15-9)7-3-17(4-7)11-10-8(1-2-21-10)13-6-14-11/h1-2,5-7H,3-4H2,(H,19,20). The van der Waals surface area contributed by atoms with Crippen molar-refractivity contribution in [3.05, 3.63) is 29.7 Å². The van der Waals surface area contributed by atoms with Crippen molar-refractivity contribution in [1.82, 2.24) is 25.0 Å². The summed E-state index contributed by atoms with van der Waals surface area (Å²) in [7, 11) is 0. The topological polar surface area (TPSA) is 97.0 Å². The van der Waals surface area contributed by atoms with E-state index < -0.39 is 5.97 Å². The van der Waals surface area contributed by atoms with E-state index in [4.69, 9.17) is 5.11 Å². The maximum atomic E-state index is 10.8. The summed E-state index contributed by atoms with van der Waals surface area (Å²) in [5, 5.41) is 18.3. The number of fused-ring (bicyclic) bond motifs is 1. The van der Waals surface area contributed by atoms with Gasteiger partial charge in [0.15, 0.2) is 5.69 Å². The lowest BCUT2D eigenvalue weighted by Gasteiger charge is -2.39. The van der Waals surface area contributed by atoms with Gasteiger partial charge in [0.05, 0.1) is 22.5 Å². The van der Waals surface area contributed by atoms with E-state index in [1.165, 1.54) is 6.20 Å². The highest BCUT2D eigenvalue weighted by Crippen LogP contribution is 2.33. The fourth-order valence-corrected chi connectivity index (χ4v) is 3.21. The third-order valence-corrected chi connectivity index (χ3v) is 4.39. The van der Waals surface area contributed by atoms with E-state index >= 15 is 0 Å². The number of thiophene rings is 1. The predicted molar refractivity (Wildman–Crippen MR) is 75.6 cm³/mol. The summed E-state index contributed by atoms with van der Waals surface area (Å²) in [5.74, 6) is -0.140. The van der Waals surface area contributed by atoms with Crippen LogP contribution in [0.5, 0.6) is 0 Å². The number of carboxylic acid groups (broad SMARTS) is 1. The molecule has 0 aliphatic carbocycles. The highest BCUT2D eigenvalue weighted by atomic mass is 32.1. The third-order valence-electron chi connectivity index (χ3n) is 3.49. The number of carbonyl (C=O) groups is 1. The second-order valence-electron chi connectivity index (χ2n) is 4.78. The van der Waals surface area contributed by atoms with Crippen molar-refractivity contribution >= 4 is 33.3 Å². The van der Waals surface area contributed by atoms with Crippen molar-refractivity contribution in [2.24, 2.45) is 0 Å². The molecule has 1 aliphatic rings. The molecule has 1 saturated heterocycles. The Bertz CT molecular complexity index is 822. The Morgan fingerprint density at radius 1 is 1.38 bits per heavy atom. The van der Waals surface area contributed by atoms with Crippen LogP contribution in [-0.2, 0) is 0 Å². The van der Waals surface area contributed by atoms with Crippen molar-refractivity contribution in [2.45, 2.75) is 6.04 Å². The van der Waals surface area contributed by atoms with E-state index in [9.17, 15) is 4.79 Å². The number of hydrogen-bond acceptors (Lipinski definition) is 7. The lowest BCUT2D eigenvalue weighted by Crippen LogP contribution is -2.48. The van der Waals surface area contributed by atoms with Crippen LogP contribution < -0.4 is 4.90 Å². The first-order valence-corrected chi connectivity index (χ1v) is 7.18. The predicted octanol–water partition coefficient (Wildman–Crippen LogP) is 1.04. The number of rotatable bonds is 3. The van der Waals surface area contributed by atoms with E-state index in [0.29, 0.717) is 0 Å². The van der Waals surface area contributed by atoms with E-state index in [2.05, 4.69) is 25.2 Å². The van der Waals surface area contributed by atoms with Crippen molar-refractivity contribution in [1.29, 1.82) is 0 Å². The van der Waals surface area contributed by atoms with Crippen LogP contribution >= 0.6 is 11.3 Å². The summed E-state index contributed by atoms with van der Waals surface area (Å²) >= 11 is 1.62. The summed E-state index contributed by atoms with van der Waals surface area (Å²) < 4.78 is 2.67. The zero-order valence-corrected chi connectivity index (χ0v) is 11.6. The van der Waals surface area contributed by atoms with Crippen molar-refractivity contribution in [3.8, 4) is 0 Å². The molecule has 0 saturated carbocycles. The van der Waals surface area contributed by atoms with Gasteiger partial charge in [-0.3, -0.25) is 0 Å². The molecule has 1 N–H and O–H groups in total. The van der Waals surface area contributed by atoms with E-state index in [-0.39, 0.29) is 11.7 Å². The molecule has 8 nitrogen and oxygen atoms in total. The molecule has 4 rings (SSSR count). The zero-order valence-electron chi connectivity index (χ0n) is 10.7. The van der Waals surface area contributed by atoms with Crippen LogP contribution in [0.15, 0.2) is 24.0 Å². The largest absolute Gasteiger partial charge is 0.476 e. The molecule has 0 radical (unpaired) electrons. The first-order chi connectivity index (χ1) is 10.2. The molecule has 0 spiro atoms. The van der Waals surface area contributed by atoms with Crippen molar-refractivity contribution in [3.63, 3.8) is 0 Å². The van der Waals surface area contributed by atoms with Gasteiger partial charge in [0.1, 0.15) is 12.1 Å². The van der Waals surface area contributed by atoms with Crippen LogP contribution in [-0.4, -0.2) is 49.1 Å². The van der Waals surface area contributed by atoms with E-state index in [0.717, 1.165) is 29.1 Å². The molecule has 3 aromatic rings. The van der Waals surface area contributed by atoms with Gasteiger partial charge in [-0.1, -0.05) is 5.21 Å². The van der Waals surface area contributed by atoms with Crippen molar-refractivity contribution < 1.29 is 9.90 Å². The molecule has 9 heteroatoms. The van der Waals surface area contributed by atoms with Gasteiger partial charge in [0.2, 0.25) is 0 Å². The molecule has 3 aromatic heterocycles. The molecule has 0 atom stereocenters. The molecular weight excluding hydrogens is 292 g/mol. The quantitative estimate of drug-likeness (QED) is 0.772. The zero-order chi connectivity index (χ0) is 14.4. The fraction of sp³-hybridized carbons (Fsp3) is 0.250. The van der Waals surface area contributed by atoms with Gasteiger partial charge in [-0.15, -0.1) is 16.4 Å². The lowest BCUT2D eigenvalue weighted by molar-refractivity contribution is 0.0690. The minimum atomic E-state index is -1.06. The fourth-order valence-electron chi connectivity index (χ4n) is 2.35. The van der Waals surface area contributed by atoms with Crippen LogP contribution in [0, 0.1) is 0 Å². The number of carboxylic acids is 1. The average molecular weight is 302 g/mol. The van der Waals surface area contributed by atoms with E-state index in [1.807, 2.05) is 11.4 Å². The van der Waals surface area contributed by atoms with Gasteiger partial charge in [-0.2, -0.15) is 0 Å². The highest BCUT2D eigenvalue weighted by Gasteiger charge is 2.32. The Balaban J connectivity index is 1.54. The second-order valence-corrected chi connectivity index (χ2v) is 5.70. The normalized spacial score (nSPS) is 15.3. The molecule has 0 amide bonds. The summed E-state index contributed by atoms with van der Waals surface area (Å²) in [6.45, 7) is 1.46. The average Bonchev–Trinajstić information content (AvgIpc) is 3.05. The first-order valence-electron chi connectivity index (χ1n) is 6.30. The van der Waals surface area contributed by atoms with Crippen LogP contribution in [0.25, 0.3) is 10.2 Å². The SMILES string of the molecule is O=C(O)c1cn(C2CN(c3ncnc4ccsc34)C2)nn1. The van der Waals surface area contributed by atoms with Gasteiger partial charge in [-0.05, 0) is 11.4 Å². The Labute approximate surface area is 122 Å². The summed E-state index contributed by atoms with van der Waals surface area (Å²) in [5.41, 5.74) is 0.915. The van der Waals surface area contributed by atoms with Crippen LogP contribution in [0.3, 0.4) is 0 Å². The number of nitrogens with zero attached hydrogens (tertiary/aromatic N) is 6. The van der Waals surface area contributed by atoms with Crippen LogP contribution in [0.1, 0.15) is 16.5 Å². The smallest absolute Gasteiger partial charge is 0.358 e. The van der Waals surface area contributed by atoms with Gasteiger partial charge >= 0.3 is 5.97 Å². The van der Waals surface area contributed by atoms with Gasteiger partial charge in [0, 0.05) is 13.1 Å². The minimum Gasteiger partial charge on any atom is -0.476 e. The molecular formula is C12H10N6O2S. The molecule has 0 bridgehead atoms. The minimum absolute atomic E-state index is 0.0314. The molecule has 1 fully saturated rings. The molecule has 0 aromatic carbocycles. The summed E-state index contributed by atoms with van der Waals surface area (Å²) in [4.78, 5) is 21.5. The molecule has 1 aliphatic heterocycles. The van der Waals surface area contributed by atoms with Gasteiger partial charge in [0.25, 0.3) is 0 Å².